The molecule has 1 aliphatic carbocycles. The van der Waals surface area contributed by atoms with E-state index in [2.05, 4.69) is 15.5 Å². The van der Waals surface area contributed by atoms with Crippen LogP contribution in [-0.2, 0) is 0 Å². The molecule has 1 aromatic heterocycles. The van der Waals surface area contributed by atoms with E-state index in [9.17, 15) is 0 Å². The second kappa shape index (κ2) is 3.82. The smallest absolute Gasteiger partial charge is 0.205 e. The minimum Gasteiger partial charge on any atom is -0.396 e. The minimum atomic E-state index is 0.289. The van der Waals surface area contributed by atoms with Crippen LogP contribution < -0.4 is 5.32 Å². The Bertz CT molecular complexity index is 309. The molecule has 0 aromatic carbocycles. The molecular weight excluding hydrogens is 198 g/mol. The van der Waals surface area contributed by atoms with Gasteiger partial charge in [0, 0.05) is 13.2 Å². The quantitative estimate of drug-likeness (QED) is 0.776. The van der Waals surface area contributed by atoms with E-state index in [0.717, 1.165) is 23.1 Å². The van der Waals surface area contributed by atoms with Crippen LogP contribution in [0, 0.1) is 12.3 Å². The van der Waals surface area contributed by atoms with Gasteiger partial charge in [-0.3, -0.25) is 0 Å². The van der Waals surface area contributed by atoms with E-state index >= 15 is 0 Å². The van der Waals surface area contributed by atoms with Gasteiger partial charge in [-0.1, -0.05) is 11.3 Å². The molecule has 78 valence electrons. The molecule has 1 saturated carbocycles. The Kier molecular flexibility index (Phi) is 2.69. The average Bonchev–Trinajstić information content (AvgIpc) is 2.80. The van der Waals surface area contributed by atoms with E-state index in [1.807, 2.05) is 6.92 Å². The third-order valence-electron chi connectivity index (χ3n) is 2.74. The van der Waals surface area contributed by atoms with Crippen LogP contribution in [0.3, 0.4) is 0 Å². The fourth-order valence-corrected chi connectivity index (χ4v) is 2.15. The summed E-state index contributed by atoms with van der Waals surface area (Å²) in [6.07, 6.45) is 3.34. The Balaban J connectivity index is 1.82. The maximum absolute atomic E-state index is 8.89. The highest BCUT2D eigenvalue weighted by Crippen LogP contribution is 2.48. The Morgan fingerprint density at radius 2 is 2.29 bits per heavy atom. The monoisotopic (exact) mass is 213 g/mol. The van der Waals surface area contributed by atoms with E-state index in [-0.39, 0.29) is 6.61 Å². The van der Waals surface area contributed by atoms with Crippen LogP contribution in [0.25, 0.3) is 0 Å². The average molecular weight is 213 g/mol. The summed E-state index contributed by atoms with van der Waals surface area (Å²) < 4.78 is 0. The molecule has 1 heterocycles. The Hall–Kier alpha value is -0.680. The van der Waals surface area contributed by atoms with Crippen LogP contribution in [0.4, 0.5) is 5.13 Å². The van der Waals surface area contributed by atoms with Gasteiger partial charge in [-0.05, 0) is 31.6 Å². The first-order valence-electron chi connectivity index (χ1n) is 4.89. The SMILES string of the molecule is Cc1nnc(NCC2(CCO)CC2)s1. The number of nitrogens with zero attached hydrogens (tertiary/aromatic N) is 2. The standard InChI is InChI=1S/C9H15N3OS/c1-7-11-12-8(14-7)10-6-9(2-3-9)4-5-13/h13H,2-6H2,1H3,(H,10,12). The number of aliphatic hydroxyl groups is 1. The largest absolute Gasteiger partial charge is 0.396 e. The normalized spacial score (nSPS) is 18.1. The zero-order valence-corrected chi connectivity index (χ0v) is 9.10. The predicted molar refractivity (Wildman–Crippen MR) is 56.5 cm³/mol. The molecule has 4 nitrogen and oxygen atoms in total. The molecule has 0 amide bonds. The van der Waals surface area contributed by atoms with Crippen LogP contribution in [0.1, 0.15) is 24.3 Å². The lowest BCUT2D eigenvalue weighted by atomic mass is 10.0. The zero-order chi connectivity index (χ0) is 10.0. The second-order valence-corrected chi connectivity index (χ2v) is 5.14. The zero-order valence-electron chi connectivity index (χ0n) is 8.29. The Morgan fingerprint density at radius 3 is 2.79 bits per heavy atom. The molecule has 1 aromatic rings. The van der Waals surface area contributed by atoms with E-state index < -0.39 is 0 Å². The summed E-state index contributed by atoms with van der Waals surface area (Å²) in [4.78, 5) is 0. The van der Waals surface area contributed by atoms with E-state index in [1.165, 1.54) is 12.8 Å². The summed E-state index contributed by atoms with van der Waals surface area (Å²) in [5, 5.41) is 22.0. The van der Waals surface area contributed by atoms with Gasteiger partial charge in [0.05, 0.1) is 0 Å². The molecule has 1 fully saturated rings. The first-order chi connectivity index (χ1) is 6.74. The first kappa shape index (κ1) is 9.86. The fourth-order valence-electron chi connectivity index (χ4n) is 1.56. The number of hydrogen-bond donors (Lipinski definition) is 2. The third kappa shape index (κ3) is 2.22. The van der Waals surface area contributed by atoms with Gasteiger partial charge in [-0.15, -0.1) is 10.2 Å². The second-order valence-electron chi connectivity index (χ2n) is 3.95. The Morgan fingerprint density at radius 1 is 1.50 bits per heavy atom. The molecule has 1 aliphatic rings. The molecule has 0 aliphatic heterocycles. The lowest BCUT2D eigenvalue weighted by Crippen LogP contribution is -2.16. The summed E-state index contributed by atoms with van der Waals surface area (Å²) in [6, 6.07) is 0. The maximum atomic E-state index is 8.89. The van der Waals surface area contributed by atoms with Crippen molar-refractivity contribution in [2.24, 2.45) is 5.41 Å². The van der Waals surface area contributed by atoms with Gasteiger partial charge in [-0.25, -0.2) is 0 Å². The third-order valence-corrected chi connectivity index (χ3v) is 3.54. The molecule has 0 atom stereocenters. The molecule has 0 saturated heterocycles. The van der Waals surface area contributed by atoms with Crippen LogP contribution >= 0.6 is 11.3 Å². The number of aryl methyl sites for hydroxylation is 1. The van der Waals surface area contributed by atoms with Gasteiger partial charge in [0.15, 0.2) is 0 Å². The summed E-state index contributed by atoms with van der Waals surface area (Å²) in [5.41, 5.74) is 0.342. The number of aromatic nitrogens is 2. The topological polar surface area (TPSA) is 58.0 Å². The minimum absolute atomic E-state index is 0.289. The van der Waals surface area contributed by atoms with Crippen molar-refractivity contribution in [3.63, 3.8) is 0 Å². The highest BCUT2D eigenvalue weighted by molar-refractivity contribution is 7.15. The van der Waals surface area contributed by atoms with Crippen molar-refractivity contribution in [1.82, 2.24) is 10.2 Å². The van der Waals surface area contributed by atoms with Gasteiger partial charge in [0.2, 0.25) is 5.13 Å². The van der Waals surface area contributed by atoms with Crippen molar-refractivity contribution in [2.75, 3.05) is 18.5 Å². The maximum Gasteiger partial charge on any atom is 0.205 e. The molecule has 0 bridgehead atoms. The molecular formula is C9H15N3OS. The van der Waals surface area contributed by atoms with Gasteiger partial charge in [0.1, 0.15) is 5.01 Å². The van der Waals surface area contributed by atoms with E-state index in [0.29, 0.717) is 5.41 Å². The predicted octanol–water partition coefficient (Wildman–Crippen LogP) is 1.42. The van der Waals surface area contributed by atoms with Gasteiger partial charge in [-0.2, -0.15) is 0 Å². The molecule has 0 spiro atoms. The number of hydrogen-bond acceptors (Lipinski definition) is 5. The van der Waals surface area contributed by atoms with Crippen molar-refractivity contribution in [3.05, 3.63) is 5.01 Å². The van der Waals surface area contributed by atoms with Crippen LogP contribution in [-0.4, -0.2) is 28.5 Å². The number of anilines is 1. The fraction of sp³-hybridized carbons (Fsp3) is 0.778. The summed E-state index contributed by atoms with van der Waals surface area (Å²) in [7, 11) is 0. The van der Waals surface area contributed by atoms with Crippen molar-refractivity contribution in [2.45, 2.75) is 26.2 Å². The van der Waals surface area contributed by atoms with E-state index in [4.69, 9.17) is 5.11 Å². The highest BCUT2D eigenvalue weighted by atomic mass is 32.1. The number of rotatable bonds is 5. The lowest BCUT2D eigenvalue weighted by molar-refractivity contribution is 0.253. The molecule has 2 N–H and O–H groups in total. The molecule has 2 rings (SSSR count). The molecule has 14 heavy (non-hydrogen) atoms. The first-order valence-corrected chi connectivity index (χ1v) is 5.71. The van der Waals surface area contributed by atoms with Gasteiger partial charge < -0.3 is 10.4 Å². The summed E-state index contributed by atoms with van der Waals surface area (Å²) in [5.74, 6) is 0. The molecule has 0 radical (unpaired) electrons. The van der Waals surface area contributed by atoms with Crippen LogP contribution in [0.2, 0.25) is 0 Å². The molecule has 5 heteroatoms. The van der Waals surface area contributed by atoms with Gasteiger partial charge in [0.25, 0.3) is 0 Å². The Labute approximate surface area is 87.4 Å². The summed E-state index contributed by atoms with van der Waals surface area (Å²) in [6.45, 7) is 3.16. The van der Waals surface area contributed by atoms with Crippen molar-refractivity contribution in [1.29, 1.82) is 0 Å². The van der Waals surface area contributed by atoms with Crippen LogP contribution in [0.5, 0.6) is 0 Å². The molecule has 0 unspecified atom stereocenters. The number of aliphatic hydroxyl groups excluding tert-OH is 1. The van der Waals surface area contributed by atoms with Crippen molar-refractivity contribution in [3.8, 4) is 0 Å². The van der Waals surface area contributed by atoms with Gasteiger partial charge >= 0.3 is 0 Å². The number of nitrogens with one attached hydrogen (secondary N) is 1. The lowest BCUT2D eigenvalue weighted by Gasteiger charge is -2.13. The highest BCUT2D eigenvalue weighted by Gasteiger charge is 2.41. The van der Waals surface area contributed by atoms with Crippen LogP contribution in [0.15, 0.2) is 0 Å². The van der Waals surface area contributed by atoms with Crippen molar-refractivity contribution >= 4 is 16.5 Å². The van der Waals surface area contributed by atoms with E-state index in [1.54, 1.807) is 11.3 Å². The summed E-state index contributed by atoms with van der Waals surface area (Å²) >= 11 is 1.58. The van der Waals surface area contributed by atoms with Crippen molar-refractivity contribution < 1.29 is 5.11 Å².